The molecule has 0 aliphatic heterocycles. The maximum Gasteiger partial charge on any atom is 0.197 e. The van der Waals surface area contributed by atoms with Crippen LogP contribution in [0.15, 0.2) is 304 Å². The van der Waals surface area contributed by atoms with Crippen molar-refractivity contribution in [3.8, 4) is 45.3 Å². The Morgan fingerprint density at radius 1 is 0.228 bits per heavy atom. The van der Waals surface area contributed by atoms with Gasteiger partial charge in [0.05, 0.1) is 84.1 Å². The van der Waals surface area contributed by atoms with E-state index in [0.29, 0.717) is 5.69 Å². The molecule has 7 aromatic heterocycles. The van der Waals surface area contributed by atoms with Gasteiger partial charge in [-0.3, -0.25) is 4.98 Å². The van der Waals surface area contributed by atoms with Crippen LogP contribution in [-0.2, 0) is 0 Å². The van der Waals surface area contributed by atoms with E-state index in [0.717, 1.165) is 133 Å². The molecule has 0 atom stereocenters. The van der Waals surface area contributed by atoms with E-state index in [2.05, 4.69) is 316 Å². The van der Waals surface area contributed by atoms with E-state index in [1.54, 1.807) is 0 Å². The number of aromatic nitrogens is 7. The minimum atomic E-state index is 0.528. The monoisotopic (exact) mass is 1170 g/mol. The summed E-state index contributed by atoms with van der Waals surface area (Å²) in [4.78, 5) is 8.98. The highest BCUT2D eigenvalue weighted by Crippen LogP contribution is 2.47. The van der Waals surface area contributed by atoms with Crippen molar-refractivity contribution in [2.45, 2.75) is 0 Å². The molecule has 0 saturated carbocycles. The summed E-state index contributed by atoms with van der Waals surface area (Å²) in [6.45, 7) is 9.21. The van der Waals surface area contributed by atoms with Crippen molar-refractivity contribution in [2.24, 2.45) is 0 Å². The van der Waals surface area contributed by atoms with Crippen LogP contribution in [0.3, 0.4) is 0 Å². The highest BCUT2D eigenvalue weighted by Gasteiger charge is 2.26. The molecule has 92 heavy (non-hydrogen) atoms. The number of hydrogen-bond acceptors (Lipinski definition) is 1. The van der Waals surface area contributed by atoms with Gasteiger partial charge in [-0.05, 0) is 132 Å². The van der Waals surface area contributed by atoms with Crippen LogP contribution >= 0.6 is 0 Å². The fourth-order valence-corrected chi connectivity index (χ4v) is 15.6. The van der Waals surface area contributed by atoms with Crippen LogP contribution in [0.25, 0.3) is 181 Å². The van der Waals surface area contributed by atoms with Gasteiger partial charge >= 0.3 is 0 Å². The Morgan fingerprint density at radius 2 is 0.467 bits per heavy atom. The summed E-state index contributed by atoms with van der Waals surface area (Å²) >= 11 is 0. The van der Waals surface area contributed by atoms with Gasteiger partial charge in [0.2, 0.25) is 0 Å². The van der Waals surface area contributed by atoms with Gasteiger partial charge < -0.3 is 27.4 Å². The maximum absolute atomic E-state index is 9.21. The predicted molar refractivity (Wildman–Crippen MR) is 382 cm³/mol. The van der Waals surface area contributed by atoms with Crippen LogP contribution in [0.4, 0.5) is 5.69 Å². The van der Waals surface area contributed by atoms with Crippen LogP contribution in [-0.4, -0.2) is 32.4 Å². The molecule has 0 amide bonds. The molecule has 0 saturated heterocycles. The van der Waals surface area contributed by atoms with Gasteiger partial charge in [-0.15, -0.1) is 0 Å². The number of fused-ring (bicyclic) bond motifs is 18. The van der Waals surface area contributed by atoms with Crippen molar-refractivity contribution in [1.29, 1.82) is 0 Å². The molecule has 13 aromatic carbocycles. The number of nitrogens with zero attached hydrogens (tertiary/aromatic N) is 8. The van der Waals surface area contributed by atoms with Gasteiger partial charge in [-0.25, -0.2) is 4.85 Å². The second-order valence-electron chi connectivity index (χ2n) is 24.2. The topological polar surface area (TPSA) is 46.8 Å². The molecule has 0 radical (unpaired) electrons. The van der Waals surface area contributed by atoms with Crippen LogP contribution in [0.5, 0.6) is 0 Å². The van der Waals surface area contributed by atoms with E-state index < -0.39 is 0 Å². The molecule has 20 rings (SSSR count). The van der Waals surface area contributed by atoms with E-state index in [9.17, 15) is 6.57 Å². The lowest BCUT2D eigenvalue weighted by Gasteiger charge is -2.21. The summed E-state index contributed by atoms with van der Waals surface area (Å²) < 4.78 is 14.6. The molecule has 0 N–H and O–H groups in total. The first-order chi connectivity index (χ1) is 45.6. The van der Waals surface area contributed by atoms with Crippen LogP contribution in [0, 0.1) is 6.57 Å². The minimum absolute atomic E-state index is 0.528. The Labute approximate surface area is 526 Å². The Morgan fingerprint density at radius 3 is 0.728 bits per heavy atom. The van der Waals surface area contributed by atoms with Gasteiger partial charge in [0.1, 0.15) is 0 Å². The zero-order valence-electron chi connectivity index (χ0n) is 49.4. The van der Waals surface area contributed by atoms with E-state index in [1.165, 1.54) is 43.1 Å². The number of pyridine rings is 1. The number of hydrogen-bond donors (Lipinski definition) is 0. The highest BCUT2D eigenvalue weighted by molar-refractivity contribution is 6.17. The van der Waals surface area contributed by atoms with Crippen LogP contribution in [0.2, 0.25) is 0 Å². The first-order valence-electron chi connectivity index (χ1n) is 31.2. The lowest BCUT2D eigenvalue weighted by molar-refractivity contribution is 1.08. The number of rotatable bonds is 7. The van der Waals surface area contributed by atoms with Gasteiger partial charge in [0.25, 0.3) is 0 Å². The number of para-hydroxylation sites is 8. The molecular weight excluding hydrogens is 1120 g/mol. The SMILES string of the molecule is [C-]#[N+]c1cc(-n2c3cc(-n4c5ccccc5c5ccccc54)ccc3c3ccc(-n4c5ccccc5c5ccccc54)cc32)c(-n2c3cc(-n4c5ccccc5c5ccccc54)ccc3c3ccc(-n4c5ccccc5c5ccccc54)cc32)cc1-c1ccncc1. The molecule has 0 unspecified atom stereocenters. The van der Waals surface area contributed by atoms with E-state index in [1.807, 2.05) is 24.5 Å². The Bertz CT molecular complexity index is 6040. The predicted octanol–water partition coefficient (Wildman–Crippen LogP) is 21.9. The fraction of sp³-hybridized carbons (Fsp3) is 0. The molecule has 0 aliphatic carbocycles. The summed E-state index contributed by atoms with van der Waals surface area (Å²) in [5.74, 6) is 0. The normalized spacial score (nSPS) is 12.1. The van der Waals surface area contributed by atoms with E-state index in [4.69, 9.17) is 0 Å². The molecule has 0 spiro atoms. The molecule has 0 fully saturated rings. The third-order valence-electron chi connectivity index (χ3n) is 19.5. The summed E-state index contributed by atoms with van der Waals surface area (Å²) in [6.07, 6.45) is 3.65. The van der Waals surface area contributed by atoms with E-state index in [-0.39, 0.29) is 0 Å². The van der Waals surface area contributed by atoms with Crippen molar-refractivity contribution in [2.75, 3.05) is 0 Å². The summed E-state index contributed by atoms with van der Waals surface area (Å²) in [7, 11) is 0. The average Bonchev–Trinajstić information content (AvgIpc) is 1.83. The lowest BCUT2D eigenvalue weighted by atomic mass is 10.0. The fourth-order valence-electron chi connectivity index (χ4n) is 15.6. The molecular formula is C84H50N8. The van der Waals surface area contributed by atoms with Gasteiger partial charge in [0.15, 0.2) is 5.69 Å². The van der Waals surface area contributed by atoms with Gasteiger partial charge in [-0.2, -0.15) is 0 Å². The minimum Gasteiger partial charge on any atom is -0.309 e. The Hall–Kier alpha value is -12.7. The summed E-state index contributed by atoms with van der Waals surface area (Å²) in [5.41, 5.74) is 21.3. The quantitative estimate of drug-likeness (QED) is 0.147. The van der Waals surface area contributed by atoms with Crippen molar-refractivity contribution in [1.82, 2.24) is 32.4 Å². The highest BCUT2D eigenvalue weighted by atomic mass is 15.1. The van der Waals surface area contributed by atoms with Crippen molar-refractivity contribution in [3.05, 3.63) is 315 Å². The van der Waals surface area contributed by atoms with Crippen molar-refractivity contribution < 1.29 is 0 Å². The van der Waals surface area contributed by atoms with E-state index >= 15 is 0 Å². The molecule has 0 aliphatic rings. The second-order valence-corrected chi connectivity index (χ2v) is 24.2. The van der Waals surface area contributed by atoms with Crippen molar-refractivity contribution in [3.63, 3.8) is 0 Å². The molecule has 0 bridgehead atoms. The molecule has 8 heteroatoms. The van der Waals surface area contributed by atoms with Gasteiger partial charge in [0, 0.05) is 99.8 Å². The first kappa shape index (κ1) is 50.3. The largest absolute Gasteiger partial charge is 0.309 e. The van der Waals surface area contributed by atoms with Crippen LogP contribution < -0.4 is 0 Å². The average molecular weight is 1170 g/mol. The smallest absolute Gasteiger partial charge is 0.197 e. The third kappa shape index (κ3) is 7.01. The Kier molecular flexibility index (Phi) is 10.5. The lowest BCUT2D eigenvalue weighted by Crippen LogP contribution is -2.06. The first-order valence-corrected chi connectivity index (χ1v) is 31.2. The summed E-state index contributed by atoms with van der Waals surface area (Å²) in [6, 6.07) is 106. The molecule has 8 nitrogen and oxygen atoms in total. The number of benzene rings is 13. The molecule has 20 aromatic rings. The third-order valence-corrected chi connectivity index (χ3v) is 19.5. The standard InChI is InChI=1S/C84H50N8/c1-85-70-51-84(92-81-48-55(89-75-30-14-6-22-61(75)62-23-7-15-31-76(62)89)36-40-67(81)68-41-37-56(49-82(68)92)90-77-32-16-8-24-63(77)64-25-9-17-33-78(64)90)83(50-69(70)52-42-44-86-45-43-52)91-79-46-53(87-71-26-10-2-18-57(71)58-19-3-11-27-72(58)87)34-38-65(79)66-39-35-54(47-80(66)91)88-73-28-12-4-20-59(73)60-21-5-13-29-74(60)88/h2-51H. The summed E-state index contributed by atoms with van der Waals surface area (Å²) in [5, 5.41) is 14.0. The van der Waals surface area contributed by atoms with Crippen molar-refractivity contribution >= 4 is 137 Å². The maximum atomic E-state index is 9.21. The second kappa shape index (κ2) is 19.2. The van der Waals surface area contributed by atoms with Gasteiger partial charge in [-0.1, -0.05) is 170 Å². The zero-order chi connectivity index (χ0) is 60.3. The Balaban J connectivity index is 0.959. The molecule has 426 valence electrons. The van der Waals surface area contributed by atoms with Crippen LogP contribution in [0.1, 0.15) is 0 Å². The zero-order valence-corrected chi connectivity index (χ0v) is 49.4. The molecule has 7 heterocycles.